The summed E-state index contributed by atoms with van der Waals surface area (Å²) < 4.78 is 136. The summed E-state index contributed by atoms with van der Waals surface area (Å²) >= 11 is 0. The highest BCUT2D eigenvalue weighted by molar-refractivity contribution is 6.76. The summed E-state index contributed by atoms with van der Waals surface area (Å²) in [5, 5.41) is 4.97. The summed E-state index contributed by atoms with van der Waals surface area (Å²) in [5.41, 5.74) is 0. The molecule has 0 bridgehead atoms. The summed E-state index contributed by atoms with van der Waals surface area (Å²) in [6.45, 7) is 15.3. The van der Waals surface area contributed by atoms with E-state index in [9.17, 15) is 71.9 Å². The molecule has 0 aliphatic carbocycles. The van der Waals surface area contributed by atoms with Crippen LogP contribution in [0.5, 0.6) is 0 Å². The number of carbonyl (C=O) groups excluding carboxylic acids is 17. The maximum absolute atomic E-state index is 15.6. The van der Waals surface area contributed by atoms with Crippen LogP contribution in [-0.2, 0) is 190 Å². The van der Waals surface area contributed by atoms with E-state index in [4.69, 9.17) is 109 Å². The quantitative estimate of drug-likeness (QED) is 0.0432. The lowest BCUT2D eigenvalue weighted by molar-refractivity contribution is -0.369. The van der Waals surface area contributed by atoms with Gasteiger partial charge in [-0.1, -0.05) is 19.6 Å². The topological polar surface area (TPSA) is 527 Å². The van der Waals surface area contributed by atoms with Crippen LogP contribution in [0.3, 0.4) is 0 Å². The van der Waals surface area contributed by atoms with Crippen LogP contribution < -0.4 is 10.6 Å². The summed E-state index contributed by atoms with van der Waals surface area (Å²) in [6, 6.07) is -3.86. The highest BCUT2D eigenvalue weighted by atomic mass is 28.3. The zero-order valence-electron chi connectivity index (χ0n) is 64.5. The van der Waals surface area contributed by atoms with E-state index in [-0.39, 0.29) is 6.61 Å². The van der Waals surface area contributed by atoms with Gasteiger partial charge in [-0.25, -0.2) is 9.59 Å². The molecular formula is C67H98N2O40Si. The smallest absolute Gasteiger partial charge is 0.366 e. The Bertz CT molecular complexity index is 3340. The second-order valence-electron chi connectivity index (χ2n) is 26.7. The molecule has 4 heterocycles. The van der Waals surface area contributed by atoms with Gasteiger partial charge < -0.3 is 120 Å². The number of methoxy groups -OCH3 is 2. The minimum Gasteiger partial charge on any atom is -0.465 e. The first-order valence-electron chi connectivity index (χ1n) is 34.3. The monoisotopic (exact) mass is 1600 g/mol. The van der Waals surface area contributed by atoms with Crippen molar-refractivity contribution in [3.63, 3.8) is 0 Å². The van der Waals surface area contributed by atoms with Gasteiger partial charge in [-0.15, -0.1) is 0 Å². The normalized spacial score (nSPS) is 28.9. The van der Waals surface area contributed by atoms with Crippen LogP contribution in [0.1, 0.15) is 117 Å². The largest absolute Gasteiger partial charge is 0.465 e. The lowest BCUT2D eigenvalue weighted by atomic mass is 9.85. The van der Waals surface area contributed by atoms with Crippen molar-refractivity contribution in [2.45, 2.75) is 276 Å². The molecule has 0 radical (unpaired) electrons. The first-order chi connectivity index (χ1) is 51.1. The minimum atomic E-state index is -3.46. The summed E-state index contributed by atoms with van der Waals surface area (Å²) in [5.74, 6) is -26.8. The number of hydrogen-bond acceptors (Lipinski definition) is 40. The predicted octanol–water partition coefficient (Wildman–Crippen LogP) is -1.09. The van der Waals surface area contributed by atoms with Gasteiger partial charge in [0, 0.05) is 118 Å². The van der Waals surface area contributed by atoms with E-state index in [0.717, 1.165) is 111 Å². The molecule has 4 rings (SSSR count). The molecule has 0 aromatic carbocycles. The van der Waals surface area contributed by atoms with Crippen molar-refractivity contribution in [1.29, 1.82) is 0 Å². The summed E-state index contributed by atoms with van der Waals surface area (Å²) in [6.07, 6.45) is -39.2. The zero-order valence-corrected chi connectivity index (χ0v) is 65.5. The average molecular weight is 1600 g/mol. The van der Waals surface area contributed by atoms with E-state index in [1.165, 1.54) is 6.92 Å². The first-order valence-corrected chi connectivity index (χ1v) is 38.0. The van der Waals surface area contributed by atoms with E-state index < -0.39 is 283 Å². The molecule has 42 nitrogen and oxygen atoms in total. The highest BCUT2D eigenvalue weighted by Crippen LogP contribution is 2.45. The van der Waals surface area contributed by atoms with Gasteiger partial charge in [0.15, 0.2) is 74.1 Å². The van der Waals surface area contributed by atoms with Crippen LogP contribution in [0.4, 0.5) is 0 Å². The third kappa shape index (κ3) is 28.0. The van der Waals surface area contributed by atoms with Gasteiger partial charge in [0.05, 0.1) is 51.5 Å². The Morgan fingerprint density at radius 2 is 0.864 bits per heavy atom. The fourth-order valence-electron chi connectivity index (χ4n) is 12.1. The van der Waals surface area contributed by atoms with Crippen LogP contribution in [0.25, 0.3) is 0 Å². The Morgan fingerprint density at radius 3 is 1.33 bits per heavy atom. The second kappa shape index (κ2) is 41.8. The molecule has 4 aliphatic rings. The van der Waals surface area contributed by atoms with Gasteiger partial charge in [0.2, 0.25) is 5.91 Å². The van der Waals surface area contributed by atoms with Crippen molar-refractivity contribution in [3.8, 4) is 0 Å². The Hall–Kier alpha value is -9.11. The third-order valence-electron chi connectivity index (χ3n) is 16.1. The molecule has 4 aliphatic heterocycles. The number of ether oxygens (including phenoxy) is 23. The van der Waals surface area contributed by atoms with E-state index in [1.807, 2.05) is 19.6 Å². The minimum absolute atomic E-state index is 0.0973. The maximum Gasteiger partial charge on any atom is 0.366 e. The van der Waals surface area contributed by atoms with Crippen LogP contribution in [0, 0.1) is 0 Å². The van der Waals surface area contributed by atoms with Crippen LogP contribution in [0.15, 0.2) is 0 Å². The Morgan fingerprint density at radius 1 is 0.445 bits per heavy atom. The van der Waals surface area contributed by atoms with Crippen molar-refractivity contribution in [1.82, 2.24) is 10.6 Å². The van der Waals surface area contributed by atoms with Gasteiger partial charge in [0.1, 0.15) is 43.7 Å². The molecular weight excluding hydrogens is 1500 g/mol. The molecule has 4 fully saturated rings. The van der Waals surface area contributed by atoms with Gasteiger partial charge in [0.25, 0.3) is 17.5 Å². The Balaban J connectivity index is 2.29. The van der Waals surface area contributed by atoms with Crippen molar-refractivity contribution < 1.29 is 190 Å². The molecule has 2 amide bonds. The SMILES string of the molecule is COC(=O)[C@@]1(O[C@H]2C[C@](OC[C@H]3O[C@@H](OCC[Si](C)(C)C)[C@H](OC(C)=O)[C@@H](OC(C)=O)[C@@H]3OC(C)=O)(C(=O)OC)O[C@@H]([C@H](OC(C)=O)[C@@H](COC(C)=O)OC(C)=O)[C@@H]2NC(C)=O)C[C@H](OC(C)=O)[C@@H](NC(=O)COC(C)=O)[C@H]([C@H](OC(C)=O)[C@@H](COC(C)=O)O[C@@H]2O[C@@H](C)[C@@H](OC(C)=O)[C@@H](OC(C)=O)[C@@H]2OC(C)=O)O1. The first kappa shape index (κ1) is 93.3. The zero-order chi connectivity index (χ0) is 83.2. The molecule has 620 valence electrons. The predicted molar refractivity (Wildman–Crippen MR) is 356 cm³/mol. The van der Waals surface area contributed by atoms with Crippen molar-refractivity contribution in [2.24, 2.45) is 0 Å². The van der Waals surface area contributed by atoms with E-state index in [0.29, 0.717) is 6.04 Å². The molecule has 2 N–H and O–H groups in total. The lowest BCUT2D eigenvalue weighted by Crippen LogP contribution is -2.73. The van der Waals surface area contributed by atoms with Crippen molar-refractivity contribution in [3.05, 3.63) is 0 Å². The molecule has 4 saturated heterocycles. The third-order valence-corrected chi connectivity index (χ3v) is 17.8. The fourth-order valence-corrected chi connectivity index (χ4v) is 12.9. The summed E-state index contributed by atoms with van der Waals surface area (Å²) in [4.78, 5) is 229. The van der Waals surface area contributed by atoms with Crippen LogP contribution in [-0.4, -0.2) is 291 Å². The number of esters is 15. The average Bonchev–Trinajstić information content (AvgIpc) is 0.738. The van der Waals surface area contributed by atoms with E-state index >= 15 is 9.59 Å². The van der Waals surface area contributed by atoms with Crippen molar-refractivity contribution in [2.75, 3.05) is 47.3 Å². The molecule has 0 aromatic rings. The Kier molecular flexibility index (Phi) is 35.4. The molecule has 0 aromatic heterocycles. The number of carbonyl (C=O) groups is 17. The molecule has 0 saturated carbocycles. The van der Waals surface area contributed by atoms with Gasteiger partial charge in [-0.3, -0.25) is 71.9 Å². The number of hydrogen-bond donors (Lipinski definition) is 2. The van der Waals surface area contributed by atoms with Gasteiger partial charge in [-0.05, 0) is 13.0 Å². The number of amides is 2. The molecule has 43 heteroatoms. The van der Waals surface area contributed by atoms with Crippen LogP contribution in [0.2, 0.25) is 25.7 Å². The lowest BCUT2D eigenvalue weighted by Gasteiger charge is -2.53. The molecule has 0 unspecified atom stereocenters. The number of nitrogens with one attached hydrogen (secondary N) is 2. The van der Waals surface area contributed by atoms with Gasteiger partial charge >= 0.3 is 89.5 Å². The van der Waals surface area contributed by atoms with E-state index in [2.05, 4.69) is 10.6 Å². The molecule has 110 heavy (non-hydrogen) atoms. The highest BCUT2D eigenvalue weighted by Gasteiger charge is 2.66. The standard InChI is InChI=1S/C67H98N2O40Si/c1-29-52(97-36(8)76)58(101-40(12)80)61(104-43(15)83)63(94-29)106-47(26-91-32(4)72)54(99-38(10)78)56-50(69-49(84)28-92-33(5)73)44(95-34(6)74)23-67(109-56,65(86)88-17)107-45-24-66(64(85)87-16,108-57(51(45)68-30(2)70)53(98-37(9)77)46(96-35(7)75)25-90-31(3)71)93-27-48-55(100-39(11)79)59(102-41(13)81)60(103-42(14)82)62(105-48)89-21-22-110(18,19)20/h29,44-48,50-63H,21-28H2,1-20H3,(H,68,70)(H,69,84)/t29-,44-,45-,46+,47+,48+,50+,51+,52+,53+,54+,55+,56+,57+,58+,59-,60+,61-,62+,63-,66+,67+/m0/s1. The second-order valence-corrected chi connectivity index (χ2v) is 32.4. The van der Waals surface area contributed by atoms with Crippen LogP contribution >= 0.6 is 0 Å². The summed E-state index contributed by atoms with van der Waals surface area (Å²) in [7, 11) is -0.459. The number of rotatable bonds is 35. The Labute approximate surface area is 632 Å². The molecule has 0 spiro atoms. The van der Waals surface area contributed by atoms with Gasteiger partial charge in [-0.2, -0.15) is 0 Å². The van der Waals surface area contributed by atoms with E-state index in [1.54, 1.807) is 0 Å². The molecule has 22 atom stereocenters. The van der Waals surface area contributed by atoms with Crippen molar-refractivity contribution >= 4 is 109 Å². The fraction of sp³-hybridized carbons (Fsp3) is 0.746. The maximum atomic E-state index is 15.6.